The molecule has 0 unspecified atom stereocenters. The van der Waals surface area contributed by atoms with Crippen molar-refractivity contribution >= 4 is 34.2 Å². The number of pyridine rings is 2. The molecule has 0 bridgehead atoms. The summed E-state index contributed by atoms with van der Waals surface area (Å²) in [7, 11) is 1.73. The highest BCUT2D eigenvalue weighted by atomic mass is 16.3. The number of anilines is 2. The van der Waals surface area contributed by atoms with Crippen LogP contribution >= 0.6 is 0 Å². The third-order valence-corrected chi connectivity index (χ3v) is 8.26. The minimum absolute atomic E-state index is 0.0675. The van der Waals surface area contributed by atoms with E-state index in [2.05, 4.69) is 16.0 Å². The third kappa shape index (κ3) is 5.25. The first kappa shape index (κ1) is 29.3. The zero-order valence-corrected chi connectivity index (χ0v) is 25.5. The van der Waals surface area contributed by atoms with Gasteiger partial charge in [0.1, 0.15) is 16.8 Å². The fourth-order valence-corrected chi connectivity index (χ4v) is 5.83. The van der Waals surface area contributed by atoms with Crippen molar-refractivity contribution in [3.05, 3.63) is 87.3 Å². The van der Waals surface area contributed by atoms with Crippen LogP contribution in [0.15, 0.2) is 58.0 Å². The van der Waals surface area contributed by atoms with Crippen LogP contribution < -0.4 is 15.4 Å². The molecule has 220 valence electrons. The molecule has 0 atom stereocenters. The summed E-state index contributed by atoms with van der Waals surface area (Å²) in [5.41, 5.74) is 4.84. The molecule has 9 heteroatoms. The van der Waals surface area contributed by atoms with Crippen LogP contribution in [0.1, 0.15) is 48.9 Å². The highest BCUT2D eigenvalue weighted by Gasteiger charge is 2.45. The van der Waals surface area contributed by atoms with Gasteiger partial charge in [-0.25, -0.2) is 0 Å². The van der Waals surface area contributed by atoms with Crippen molar-refractivity contribution in [2.75, 3.05) is 29.9 Å². The van der Waals surface area contributed by atoms with Gasteiger partial charge in [-0.15, -0.1) is 0 Å². The molecule has 0 spiro atoms. The number of carbonyl (C=O) groups excluding carboxylic acids is 2. The van der Waals surface area contributed by atoms with Crippen molar-refractivity contribution in [1.29, 1.82) is 0 Å². The van der Waals surface area contributed by atoms with Gasteiger partial charge < -0.3 is 18.8 Å². The molecule has 1 aliphatic heterocycles. The molecule has 0 N–H and O–H groups in total. The van der Waals surface area contributed by atoms with E-state index in [1.54, 1.807) is 47.5 Å². The number of aryl methyl sites for hydroxylation is 3. The molecule has 0 radical (unpaired) electrons. The SMILES string of the molecule is CCN1C(=O)C(C)(C)C(=O)N(C)c2cc(CN(CCn3cc(C)c4oc(C)cc4c3=O)Cc3cccnc3C)ccc21. The normalized spacial score (nSPS) is 15.0. The van der Waals surface area contributed by atoms with Gasteiger partial charge in [-0.2, -0.15) is 0 Å². The molecule has 0 aliphatic carbocycles. The van der Waals surface area contributed by atoms with Gasteiger partial charge in [-0.3, -0.25) is 24.3 Å². The molecule has 4 heterocycles. The number of amides is 2. The van der Waals surface area contributed by atoms with Gasteiger partial charge >= 0.3 is 0 Å². The lowest BCUT2D eigenvalue weighted by molar-refractivity contribution is -0.137. The van der Waals surface area contributed by atoms with Gasteiger partial charge in [0.25, 0.3) is 5.56 Å². The van der Waals surface area contributed by atoms with Crippen molar-refractivity contribution in [3.63, 3.8) is 0 Å². The Morgan fingerprint density at radius 3 is 2.45 bits per heavy atom. The lowest BCUT2D eigenvalue weighted by Gasteiger charge is -2.27. The number of hydrogen-bond donors (Lipinski definition) is 0. The Morgan fingerprint density at radius 1 is 0.976 bits per heavy atom. The number of carbonyl (C=O) groups is 2. The number of aromatic nitrogens is 2. The standard InChI is InChI=1S/C33H39N5O4/c1-8-38-27-12-11-24(17-28(27)35(7)31(40)33(5,6)32(38)41)19-36(20-25-10-9-13-34-23(25)4)14-15-37-18-21(2)29-26(30(37)39)16-22(3)42-29/h9-13,16-18H,8,14-15,19-20H2,1-7H3. The lowest BCUT2D eigenvalue weighted by atomic mass is 9.90. The Morgan fingerprint density at radius 2 is 1.74 bits per heavy atom. The predicted molar refractivity (Wildman–Crippen MR) is 165 cm³/mol. The minimum atomic E-state index is -1.16. The summed E-state index contributed by atoms with van der Waals surface area (Å²) in [6, 6.07) is 11.8. The molecule has 3 aromatic heterocycles. The topological polar surface area (TPSA) is 91.9 Å². The zero-order valence-electron chi connectivity index (χ0n) is 25.5. The molecular formula is C33H39N5O4. The monoisotopic (exact) mass is 569 g/mol. The van der Waals surface area contributed by atoms with Gasteiger partial charge in [-0.1, -0.05) is 12.1 Å². The fraction of sp³-hybridized carbons (Fsp3) is 0.394. The van der Waals surface area contributed by atoms with Gasteiger partial charge in [0.15, 0.2) is 0 Å². The predicted octanol–water partition coefficient (Wildman–Crippen LogP) is 4.97. The number of benzene rings is 1. The molecule has 0 fully saturated rings. The van der Waals surface area contributed by atoms with E-state index in [0.717, 1.165) is 33.8 Å². The van der Waals surface area contributed by atoms with E-state index < -0.39 is 5.41 Å². The highest BCUT2D eigenvalue weighted by Crippen LogP contribution is 2.39. The van der Waals surface area contributed by atoms with Crippen LogP contribution in [-0.4, -0.2) is 46.4 Å². The van der Waals surface area contributed by atoms with E-state index in [1.807, 2.05) is 58.2 Å². The van der Waals surface area contributed by atoms with E-state index >= 15 is 0 Å². The Kier molecular flexibility index (Phi) is 7.81. The van der Waals surface area contributed by atoms with Crippen LogP contribution in [0.4, 0.5) is 11.4 Å². The molecule has 0 saturated heterocycles. The summed E-state index contributed by atoms with van der Waals surface area (Å²) >= 11 is 0. The van der Waals surface area contributed by atoms with Gasteiger partial charge in [-0.05, 0) is 76.9 Å². The first-order valence-corrected chi connectivity index (χ1v) is 14.4. The maximum Gasteiger partial charge on any atom is 0.261 e. The summed E-state index contributed by atoms with van der Waals surface area (Å²) in [5.74, 6) is 0.284. The summed E-state index contributed by atoms with van der Waals surface area (Å²) in [5, 5.41) is 0.596. The van der Waals surface area contributed by atoms with E-state index in [9.17, 15) is 14.4 Å². The van der Waals surface area contributed by atoms with Crippen LogP contribution in [0, 0.1) is 26.2 Å². The lowest BCUT2D eigenvalue weighted by Crippen LogP contribution is -2.47. The molecule has 2 amide bonds. The van der Waals surface area contributed by atoms with Gasteiger partial charge in [0.05, 0.1) is 16.8 Å². The van der Waals surface area contributed by atoms with Crippen molar-refractivity contribution in [1.82, 2.24) is 14.5 Å². The summed E-state index contributed by atoms with van der Waals surface area (Å²) in [6.07, 6.45) is 3.65. The van der Waals surface area contributed by atoms with Crippen LogP contribution in [-0.2, 0) is 29.2 Å². The number of nitrogens with zero attached hydrogens (tertiary/aromatic N) is 5. The van der Waals surface area contributed by atoms with Crippen molar-refractivity contribution in [3.8, 4) is 0 Å². The molecule has 1 aromatic carbocycles. The average molecular weight is 570 g/mol. The largest absolute Gasteiger partial charge is 0.461 e. The second kappa shape index (κ2) is 11.2. The summed E-state index contributed by atoms with van der Waals surface area (Å²) in [6.45, 7) is 13.9. The van der Waals surface area contributed by atoms with E-state index in [4.69, 9.17) is 4.42 Å². The third-order valence-electron chi connectivity index (χ3n) is 8.26. The summed E-state index contributed by atoms with van der Waals surface area (Å²) < 4.78 is 7.51. The Balaban J connectivity index is 1.48. The smallest absolute Gasteiger partial charge is 0.261 e. The Bertz CT molecular complexity index is 1730. The molecular weight excluding hydrogens is 530 g/mol. The van der Waals surface area contributed by atoms with Crippen LogP contribution in [0.25, 0.3) is 11.0 Å². The molecule has 1 aliphatic rings. The average Bonchev–Trinajstić information content (AvgIpc) is 3.35. The second-order valence-electron chi connectivity index (χ2n) is 11.7. The number of hydrogen-bond acceptors (Lipinski definition) is 6. The second-order valence-corrected chi connectivity index (χ2v) is 11.7. The molecule has 0 saturated carbocycles. The summed E-state index contributed by atoms with van der Waals surface area (Å²) in [4.78, 5) is 50.0. The highest BCUT2D eigenvalue weighted by molar-refractivity contribution is 6.19. The van der Waals surface area contributed by atoms with Crippen molar-refractivity contribution in [2.24, 2.45) is 5.41 Å². The van der Waals surface area contributed by atoms with Crippen molar-refractivity contribution < 1.29 is 14.0 Å². The molecule has 5 rings (SSSR count). The quantitative estimate of drug-likeness (QED) is 0.278. The number of rotatable bonds is 8. The Hall–Kier alpha value is -4.24. The van der Waals surface area contributed by atoms with Crippen molar-refractivity contribution in [2.45, 2.75) is 61.2 Å². The first-order valence-electron chi connectivity index (χ1n) is 14.4. The maximum absolute atomic E-state index is 13.3. The number of furan rings is 1. The van der Waals surface area contributed by atoms with Crippen LogP contribution in [0.3, 0.4) is 0 Å². The van der Waals surface area contributed by atoms with E-state index in [0.29, 0.717) is 49.4 Å². The van der Waals surface area contributed by atoms with Crippen LogP contribution in [0.5, 0.6) is 0 Å². The maximum atomic E-state index is 13.3. The van der Waals surface area contributed by atoms with E-state index in [-0.39, 0.29) is 17.4 Å². The van der Waals surface area contributed by atoms with Gasteiger partial charge in [0.2, 0.25) is 11.8 Å². The zero-order chi connectivity index (χ0) is 30.3. The van der Waals surface area contributed by atoms with E-state index in [1.165, 1.54) is 0 Å². The van der Waals surface area contributed by atoms with Gasteiger partial charge in [0, 0.05) is 63.4 Å². The van der Waals surface area contributed by atoms with Crippen LogP contribution in [0.2, 0.25) is 0 Å². The Labute approximate surface area is 246 Å². The first-order chi connectivity index (χ1) is 19.9. The number of fused-ring (bicyclic) bond motifs is 2. The minimum Gasteiger partial charge on any atom is -0.461 e. The molecule has 42 heavy (non-hydrogen) atoms. The molecule has 4 aromatic rings. The molecule has 9 nitrogen and oxygen atoms in total. The fourth-order valence-electron chi connectivity index (χ4n) is 5.83.